The summed E-state index contributed by atoms with van der Waals surface area (Å²) in [4.78, 5) is 20.1. The van der Waals surface area contributed by atoms with Crippen LogP contribution in [0.2, 0.25) is 0 Å². The van der Waals surface area contributed by atoms with Gasteiger partial charge in [0.2, 0.25) is 0 Å². The highest BCUT2D eigenvalue weighted by molar-refractivity contribution is 7.92. The number of nitrogens with zero attached hydrogens (tertiary/aromatic N) is 2. The Morgan fingerprint density at radius 1 is 1.15 bits per heavy atom. The minimum atomic E-state index is -4.59. The molecule has 0 spiro atoms. The number of halogens is 4. The van der Waals surface area contributed by atoms with Crippen LogP contribution in [0.15, 0.2) is 41.5 Å². The van der Waals surface area contributed by atoms with Crippen LogP contribution in [-0.4, -0.2) is 36.1 Å². The fourth-order valence-electron chi connectivity index (χ4n) is 4.00. The summed E-state index contributed by atoms with van der Waals surface area (Å²) < 4.78 is 78.2. The van der Waals surface area contributed by atoms with Gasteiger partial charge >= 0.3 is 6.18 Å². The molecule has 7 nitrogen and oxygen atoms in total. The third-order valence-electron chi connectivity index (χ3n) is 5.89. The Hall–Kier alpha value is -3.02. The average Bonchev–Trinajstić information content (AvgIpc) is 2.69. The first-order valence-electron chi connectivity index (χ1n) is 10.1. The van der Waals surface area contributed by atoms with Crippen molar-refractivity contribution in [2.75, 3.05) is 11.1 Å². The molecule has 2 aromatic rings. The highest BCUT2D eigenvalue weighted by Gasteiger charge is 2.44. The second-order valence-electron chi connectivity index (χ2n) is 8.13. The zero-order valence-corrected chi connectivity index (χ0v) is 18.0. The van der Waals surface area contributed by atoms with Crippen molar-refractivity contribution in [1.29, 1.82) is 0 Å². The van der Waals surface area contributed by atoms with Gasteiger partial charge in [0.25, 0.3) is 5.91 Å². The van der Waals surface area contributed by atoms with Crippen LogP contribution in [-0.2, 0) is 16.0 Å². The molecule has 1 fully saturated rings. The molecule has 0 bridgehead atoms. The van der Waals surface area contributed by atoms with E-state index in [0.717, 1.165) is 37.5 Å². The molecule has 1 aromatic heterocycles. The van der Waals surface area contributed by atoms with Gasteiger partial charge in [-0.05, 0) is 49.1 Å². The molecule has 176 valence electrons. The Bertz CT molecular complexity index is 1210. The highest BCUT2D eigenvalue weighted by atomic mass is 32.2. The molecule has 2 unspecified atom stereocenters. The zero-order valence-electron chi connectivity index (χ0n) is 17.1. The maximum absolute atomic E-state index is 14.5. The average molecular weight is 484 g/mol. The number of amides is 1. The number of rotatable bonds is 4. The lowest BCUT2D eigenvalue weighted by Gasteiger charge is -2.36. The molecule has 1 aliphatic heterocycles. The third-order valence-corrected chi connectivity index (χ3v) is 8.07. The van der Waals surface area contributed by atoms with Crippen LogP contribution in [0, 0.1) is 11.7 Å². The molecule has 4 rings (SSSR count). The summed E-state index contributed by atoms with van der Waals surface area (Å²) in [6.45, 7) is 0. The second kappa shape index (κ2) is 8.40. The van der Waals surface area contributed by atoms with E-state index < -0.39 is 50.3 Å². The van der Waals surface area contributed by atoms with Crippen molar-refractivity contribution < 1.29 is 30.8 Å². The number of nitrogens with one attached hydrogen (secondary N) is 1. The molecule has 2 aliphatic rings. The molecule has 2 heterocycles. The largest absolute Gasteiger partial charge is 0.417 e. The minimum Gasteiger partial charge on any atom is -0.386 e. The first kappa shape index (κ1) is 23.1. The van der Waals surface area contributed by atoms with Crippen LogP contribution >= 0.6 is 0 Å². The fourth-order valence-corrected chi connectivity index (χ4v) is 6.19. The van der Waals surface area contributed by atoms with Gasteiger partial charge in [-0.1, -0.05) is 6.42 Å². The van der Waals surface area contributed by atoms with E-state index >= 15 is 0 Å². The number of anilines is 1. The number of sulfone groups is 1. The molecule has 1 aromatic carbocycles. The van der Waals surface area contributed by atoms with Crippen molar-refractivity contribution in [2.45, 2.75) is 36.7 Å². The van der Waals surface area contributed by atoms with Crippen molar-refractivity contribution in [1.82, 2.24) is 4.98 Å². The Kier molecular flexibility index (Phi) is 5.89. The molecule has 1 saturated carbocycles. The lowest BCUT2D eigenvalue weighted by atomic mass is 9.82. The molecule has 1 aliphatic carbocycles. The number of amidine groups is 1. The number of pyridine rings is 1. The lowest BCUT2D eigenvalue weighted by molar-refractivity contribution is -0.137. The standard InChI is InChI=1S/C21H20F4N4O3S/c22-15-6-5-13(28-20(30)16-7-4-12(9-27-16)21(23,24)25)8-14(15)17-10-33(31,32)18(19(26)29-17)11-2-1-3-11/h4-9,11,17-18H,1-3,10H2,(H2,26,29)(H,28,30). The molecular formula is C21H20F4N4O3S. The number of hydrogen-bond acceptors (Lipinski definition) is 6. The van der Waals surface area contributed by atoms with E-state index in [1.807, 2.05) is 0 Å². The monoisotopic (exact) mass is 484 g/mol. The number of carbonyl (C=O) groups excluding carboxylic acids is 1. The van der Waals surface area contributed by atoms with Crippen LogP contribution in [0.4, 0.5) is 23.2 Å². The summed E-state index contributed by atoms with van der Waals surface area (Å²) >= 11 is 0. The maximum Gasteiger partial charge on any atom is 0.417 e. The Labute approximate surface area is 187 Å². The minimum absolute atomic E-state index is 0.0428. The van der Waals surface area contributed by atoms with Crippen molar-refractivity contribution in [3.8, 4) is 0 Å². The number of benzene rings is 1. The van der Waals surface area contributed by atoms with Gasteiger partial charge in [0.15, 0.2) is 9.84 Å². The van der Waals surface area contributed by atoms with Gasteiger partial charge in [-0.3, -0.25) is 14.8 Å². The van der Waals surface area contributed by atoms with Gasteiger partial charge in [0.05, 0.1) is 17.4 Å². The van der Waals surface area contributed by atoms with Crippen LogP contribution < -0.4 is 11.1 Å². The van der Waals surface area contributed by atoms with Gasteiger partial charge in [0, 0.05) is 17.4 Å². The molecule has 12 heteroatoms. The SMILES string of the molecule is NC1=NC(c2cc(NC(=O)c3ccc(C(F)(F)F)cn3)ccc2F)CS(=O)(=O)C1C1CCC1. The first-order valence-corrected chi connectivity index (χ1v) is 11.9. The normalized spacial score (nSPS) is 22.8. The predicted octanol–water partition coefficient (Wildman–Crippen LogP) is 3.49. The number of aliphatic imine (C=N–C) groups is 1. The molecule has 0 saturated heterocycles. The summed E-state index contributed by atoms with van der Waals surface area (Å²) in [6.07, 6.45) is -1.63. The summed E-state index contributed by atoms with van der Waals surface area (Å²) in [5.41, 5.74) is 4.73. The van der Waals surface area contributed by atoms with E-state index in [-0.39, 0.29) is 28.7 Å². The molecule has 3 N–H and O–H groups in total. The van der Waals surface area contributed by atoms with Gasteiger partial charge in [-0.2, -0.15) is 13.2 Å². The molecule has 33 heavy (non-hydrogen) atoms. The van der Waals surface area contributed by atoms with Gasteiger partial charge < -0.3 is 11.1 Å². The van der Waals surface area contributed by atoms with Gasteiger partial charge in [-0.25, -0.2) is 12.8 Å². The summed E-state index contributed by atoms with van der Waals surface area (Å²) in [5, 5.41) is 1.56. The maximum atomic E-state index is 14.5. The zero-order chi connectivity index (χ0) is 24.0. The van der Waals surface area contributed by atoms with Crippen molar-refractivity contribution in [3.63, 3.8) is 0 Å². The quantitative estimate of drug-likeness (QED) is 0.645. The number of carbonyl (C=O) groups is 1. The lowest BCUT2D eigenvalue weighted by Crippen LogP contribution is -2.49. The van der Waals surface area contributed by atoms with E-state index in [1.165, 1.54) is 12.1 Å². The summed E-state index contributed by atoms with van der Waals surface area (Å²) in [7, 11) is -3.65. The number of alkyl halides is 3. The smallest absolute Gasteiger partial charge is 0.386 e. The first-order chi connectivity index (χ1) is 15.5. The third kappa shape index (κ3) is 4.70. The number of hydrogen-bond donors (Lipinski definition) is 2. The van der Waals surface area contributed by atoms with E-state index in [0.29, 0.717) is 6.20 Å². The number of aromatic nitrogens is 1. The van der Waals surface area contributed by atoms with Gasteiger partial charge in [0.1, 0.15) is 22.6 Å². The van der Waals surface area contributed by atoms with Crippen LogP contribution in [0.5, 0.6) is 0 Å². The van der Waals surface area contributed by atoms with Crippen LogP contribution in [0.1, 0.15) is 46.9 Å². The van der Waals surface area contributed by atoms with E-state index in [9.17, 15) is 30.8 Å². The van der Waals surface area contributed by atoms with E-state index in [4.69, 9.17) is 5.73 Å². The van der Waals surface area contributed by atoms with Crippen molar-refractivity contribution in [2.24, 2.45) is 16.6 Å². The Morgan fingerprint density at radius 3 is 2.42 bits per heavy atom. The van der Waals surface area contributed by atoms with E-state index in [1.54, 1.807) is 0 Å². The van der Waals surface area contributed by atoms with Crippen LogP contribution in [0.25, 0.3) is 0 Å². The topological polar surface area (TPSA) is 115 Å². The van der Waals surface area contributed by atoms with E-state index in [2.05, 4.69) is 15.3 Å². The molecule has 0 radical (unpaired) electrons. The summed E-state index contributed by atoms with van der Waals surface area (Å²) in [5.74, 6) is -2.07. The second-order valence-corrected chi connectivity index (χ2v) is 10.3. The Morgan fingerprint density at radius 2 is 1.88 bits per heavy atom. The molecule has 1 amide bonds. The Balaban J connectivity index is 1.56. The molecular weight excluding hydrogens is 464 g/mol. The predicted molar refractivity (Wildman–Crippen MR) is 113 cm³/mol. The van der Waals surface area contributed by atoms with Crippen molar-refractivity contribution >= 4 is 27.3 Å². The summed E-state index contributed by atoms with van der Waals surface area (Å²) in [6, 6.07) is 4.08. The molecule has 2 atom stereocenters. The van der Waals surface area contributed by atoms with Gasteiger partial charge in [-0.15, -0.1) is 0 Å². The van der Waals surface area contributed by atoms with Crippen LogP contribution in [0.3, 0.4) is 0 Å². The van der Waals surface area contributed by atoms with Crippen molar-refractivity contribution in [3.05, 3.63) is 59.2 Å². The fraction of sp³-hybridized carbons (Fsp3) is 0.381. The number of nitrogens with two attached hydrogens (primary N) is 1. The highest BCUT2D eigenvalue weighted by Crippen LogP contribution is 2.38.